The number of aryl methyl sites for hydroxylation is 2. The molecule has 0 radical (unpaired) electrons. The van der Waals surface area contributed by atoms with Crippen LogP contribution in [0.15, 0.2) is 42.5 Å². The van der Waals surface area contributed by atoms with E-state index in [1.807, 2.05) is 38.1 Å². The Balaban J connectivity index is 1.69. The molecule has 1 fully saturated rings. The minimum absolute atomic E-state index is 0.0374. The van der Waals surface area contributed by atoms with E-state index in [-0.39, 0.29) is 24.1 Å². The van der Waals surface area contributed by atoms with Gasteiger partial charge in [-0.2, -0.15) is 0 Å². The summed E-state index contributed by atoms with van der Waals surface area (Å²) in [7, 11) is -3.48. The van der Waals surface area contributed by atoms with E-state index in [0.29, 0.717) is 30.1 Å². The molecule has 0 aromatic heterocycles. The number of anilines is 1. The van der Waals surface area contributed by atoms with Crippen molar-refractivity contribution in [2.24, 2.45) is 5.92 Å². The Kier molecular flexibility index (Phi) is 6.43. The van der Waals surface area contributed by atoms with Crippen molar-refractivity contribution in [1.82, 2.24) is 4.31 Å². The van der Waals surface area contributed by atoms with Crippen LogP contribution in [0.2, 0.25) is 5.02 Å². The maximum absolute atomic E-state index is 12.9. The molecular formula is C21H25ClN2O3S. The molecule has 150 valence electrons. The van der Waals surface area contributed by atoms with Crippen molar-refractivity contribution in [3.05, 3.63) is 64.2 Å². The summed E-state index contributed by atoms with van der Waals surface area (Å²) < 4.78 is 27.3. The lowest BCUT2D eigenvalue weighted by atomic mass is 9.98. The molecule has 5 nitrogen and oxygen atoms in total. The zero-order valence-corrected chi connectivity index (χ0v) is 17.7. The SMILES string of the molecule is Cc1ccccc1CS(=O)(=O)N1CCCC(C(=O)Nc2ccc(Cl)cc2C)C1. The number of nitrogens with zero attached hydrogens (tertiary/aromatic N) is 1. The van der Waals surface area contributed by atoms with E-state index in [4.69, 9.17) is 11.6 Å². The van der Waals surface area contributed by atoms with Gasteiger partial charge in [-0.25, -0.2) is 12.7 Å². The summed E-state index contributed by atoms with van der Waals surface area (Å²) >= 11 is 5.96. The Morgan fingerprint density at radius 1 is 1.18 bits per heavy atom. The topological polar surface area (TPSA) is 66.5 Å². The molecule has 28 heavy (non-hydrogen) atoms. The van der Waals surface area contributed by atoms with Crippen molar-refractivity contribution in [3.63, 3.8) is 0 Å². The number of amides is 1. The molecule has 1 saturated heterocycles. The average Bonchev–Trinajstić information content (AvgIpc) is 2.66. The molecule has 0 spiro atoms. The summed E-state index contributed by atoms with van der Waals surface area (Å²) in [6.07, 6.45) is 1.35. The predicted molar refractivity (Wildman–Crippen MR) is 113 cm³/mol. The number of nitrogens with one attached hydrogen (secondary N) is 1. The van der Waals surface area contributed by atoms with Crippen LogP contribution in [0.4, 0.5) is 5.69 Å². The van der Waals surface area contributed by atoms with Gasteiger partial charge in [0.2, 0.25) is 15.9 Å². The first-order valence-corrected chi connectivity index (χ1v) is 11.3. The molecule has 0 bridgehead atoms. The number of sulfonamides is 1. The first kappa shape index (κ1) is 20.8. The number of benzene rings is 2. The van der Waals surface area contributed by atoms with Gasteiger partial charge in [0.15, 0.2) is 0 Å². The normalized spacial score (nSPS) is 18.0. The van der Waals surface area contributed by atoms with Gasteiger partial charge in [0.05, 0.1) is 11.7 Å². The van der Waals surface area contributed by atoms with Gasteiger partial charge in [0, 0.05) is 23.8 Å². The summed E-state index contributed by atoms with van der Waals surface area (Å²) in [4.78, 5) is 12.7. The fraction of sp³-hybridized carbons (Fsp3) is 0.381. The molecule has 3 rings (SSSR count). The van der Waals surface area contributed by atoms with Gasteiger partial charge >= 0.3 is 0 Å². The summed E-state index contributed by atoms with van der Waals surface area (Å²) in [5.74, 6) is -0.554. The second kappa shape index (κ2) is 8.64. The zero-order chi connectivity index (χ0) is 20.3. The standard InChI is InChI=1S/C21H25ClN2O3S/c1-15-6-3-4-7-18(15)14-28(26,27)24-11-5-8-17(13-24)21(25)23-20-10-9-19(22)12-16(20)2/h3-4,6-7,9-10,12,17H,5,8,11,13-14H2,1-2H3,(H,23,25). The molecule has 1 heterocycles. The molecule has 1 atom stereocenters. The van der Waals surface area contributed by atoms with Crippen molar-refractivity contribution >= 4 is 33.2 Å². The van der Waals surface area contributed by atoms with E-state index in [1.54, 1.807) is 18.2 Å². The molecular weight excluding hydrogens is 396 g/mol. The number of carbonyl (C=O) groups excluding carboxylic acids is 1. The Morgan fingerprint density at radius 2 is 1.93 bits per heavy atom. The fourth-order valence-electron chi connectivity index (χ4n) is 3.47. The van der Waals surface area contributed by atoms with Crippen LogP contribution in [0.3, 0.4) is 0 Å². The van der Waals surface area contributed by atoms with Crippen LogP contribution in [0, 0.1) is 19.8 Å². The van der Waals surface area contributed by atoms with Crippen LogP contribution in [0.25, 0.3) is 0 Å². The number of rotatable bonds is 5. The number of halogens is 1. The summed E-state index contributed by atoms with van der Waals surface area (Å²) in [5.41, 5.74) is 3.33. The Hall–Kier alpha value is -1.89. The van der Waals surface area contributed by atoms with Crippen LogP contribution in [-0.2, 0) is 20.6 Å². The molecule has 0 aliphatic carbocycles. The van der Waals surface area contributed by atoms with E-state index in [9.17, 15) is 13.2 Å². The van der Waals surface area contributed by atoms with Crippen LogP contribution in [0.1, 0.15) is 29.5 Å². The third kappa shape index (κ3) is 4.93. The molecule has 1 aliphatic heterocycles. The first-order chi connectivity index (χ1) is 13.3. The van der Waals surface area contributed by atoms with Crippen molar-refractivity contribution in [3.8, 4) is 0 Å². The van der Waals surface area contributed by atoms with Crippen LogP contribution in [0.5, 0.6) is 0 Å². The van der Waals surface area contributed by atoms with E-state index in [2.05, 4.69) is 5.32 Å². The first-order valence-electron chi connectivity index (χ1n) is 9.35. The van der Waals surface area contributed by atoms with E-state index in [1.165, 1.54) is 4.31 Å². The zero-order valence-electron chi connectivity index (χ0n) is 16.1. The van der Waals surface area contributed by atoms with Gasteiger partial charge in [-0.15, -0.1) is 0 Å². The van der Waals surface area contributed by atoms with Crippen molar-refractivity contribution < 1.29 is 13.2 Å². The maximum Gasteiger partial charge on any atom is 0.228 e. The Bertz CT molecular complexity index is 975. The highest BCUT2D eigenvalue weighted by Gasteiger charge is 2.32. The molecule has 1 aliphatic rings. The van der Waals surface area contributed by atoms with Gasteiger partial charge in [0.25, 0.3) is 0 Å². The lowest BCUT2D eigenvalue weighted by Crippen LogP contribution is -2.44. The average molecular weight is 421 g/mol. The van der Waals surface area contributed by atoms with Crippen molar-refractivity contribution in [1.29, 1.82) is 0 Å². The molecule has 0 saturated carbocycles. The van der Waals surface area contributed by atoms with Crippen LogP contribution < -0.4 is 5.32 Å². The molecule has 1 unspecified atom stereocenters. The minimum atomic E-state index is -3.48. The maximum atomic E-state index is 12.9. The highest BCUT2D eigenvalue weighted by molar-refractivity contribution is 7.88. The third-order valence-corrected chi connectivity index (χ3v) is 7.22. The smallest absolute Gasteiger partial charge is 0.228 e. The largest absolute Gasteiger partial charge is 0.326 e. The lowest BCUT2D eigenvalue weighted by molar-refractivity contribution is -0.120. The van der Waals surface area contributed by atoms with Gasteiger partial charge in [-0.3, -0.25) is 4.79 Å². The van der Waals surface area contributed by atoms with E-state index < -0.39 is 10.0 Å². The quantitative estimate of drug-likeness (QED) is 0.790. The lowest BCUT2D eigenvalue weighted by Gasteiger charge is -2.31. The van der Waals surface area contributed by atoms with Gasteiger partial charge in [-0.05, 0) is 61.6 Å². The van der Waals surface area contributed by atoms with Crippen molar-refractivity contribution in [2.45, 2.75) is 32.4 Å². The minimum Gasteiger partial charge on any atom is -0.326 e. The molecule has 1 amide bonds. The summed E-state index contributed by atoms with van der Waals surface area (Å²) in [6.45, 7) is 4.46. The van der Waals surface area contributed by atoms with E-state index in [0.717, 1.165) is 16.7 Å². The number of carbonyl (C=O) groups is 1. The van der Waals surface area contributed by atoms with Crippen LogP contribution in [-0.4, -0.2) is 31.7 Å². The number of piperidine rings is 1. The molecule has 7 heteroatoms. The highest BCUT2D eigenvalue weighted by Crippen LogP contribution is 2.25. The van der Waals surface area contributed by atoms with Crippen molar-refractivity contribution in [2.75, 3.05) is 18.4 Å². The molecule has 2 aromatic carbocycles. The van der Waals surface area contributed by atoms with E-state index >= 15 is 0 Å². The number of hydrogen-bond acceptors (Lipinski definition) is 3. The second-order valence-corrected chi connectivity index (χ2v) is 9.73. The molecule has 2 aromatic rings. The highest BCUT2D eigenvalue weighted by atomic mass is 35.5. The molecule has 1 N–H and O–H groups in total. The second-order valence-electron chi connectivity index (χ2n) is 7.33. The fourth-order valence-corrected chi connectivity index (χ4v) is 5.41. The van der Waals surface area contributed by atoms with Gasteiger partial charge in [-0.1, -0.05) is 35.9 Å². The monoisotopic (exact) mass is 420 g/mol. The summed E-state index contributed by atoms with van der Waals surface area (Å²) in [5, 5.41) is 3.53. The summed E-state index contributed by atoms with van der Waals surface area (Å²) in [6, 6.07) is 12.8. The van der Waals surface area contributed by atoms with Gasteiger partial charge < -0.3 is 5.32 Å². The van der Waals surface area contributed by atoms with Crippen LogP contribution >= 0.6 is 11.6 Å². The third-order valence-electron chi connectivity index (χ3n) is 5.19. The van der Waals surface area contributed by atoms with Gasteiger partial charge in [0.1, 0.15) is 0 Å². The predicted octanol–water partition coefficient (Wildman–Crippen LogP) is 4.14. The Labute approximate surface area is 171 Å². The Morgan fingerprint density at radius 3 is 2.64 bits per heavy atom. The number of hydrogen-bond donors (Lipinski definition) is 1.